The van der Waals surface area contributed by atoms with Gasteiger partial charge in [-0.1, -0.05) is 104 Å². The molecule has 0 amide bonds. The van der Waals surface area contributed by atoms with E-state index in [4.69, 9.17) is 5.73 Å². The molecular weight excluding hydrogens is 302 g/mol. The summed E-state index contributed by atoms with van der Waals surface area (Å²) in [6.45, 7) is 9.74. The summed E-state index contributed by atoms with van der Waals surface area (Å²) in [5.41, 5.74) is 7.14. The summed E-state index contributed by atoms with van der Waals surface area (Å²) in [6.07, 6.45) is 23.5. The van der Waals surface area contributed by atoms with Crippen LogP contribution in [0, 0.1) is 11.3 Å². The van der Waals surface area contributed by atoms with E-state index in [-0.39, 0.29) is 5.54 Å². The summed E-state index contributed by atoms with van der Waals surface area (Å²) < 4.78 is 0. The van der Waals surface area contributed by atoms with Gasteiger partial charge >= 0.3 is 0 Å². The van der Waals surface area contributed by atoms with Crippen LogP contribution in [-0.4, -0.2) is 5.54 Å². The van der Waals surface area contributed by atoms with E-state index >= 15 is 0 Å². The van der Waals surface area contributed by atoms with Crippen molar-refractivity contribution in [1.82, 2.24) is 0 Å². The lowest BCUT2D eigenvalue weighted by molar-refractivity contribution is 0.167. The Labute approximate surface area is 159 Å². The molecule has 2 unspecified atom stereocenters. The van der Waals surface area contributed by atoms with Gasteiger partial charge in [0.1, 0.15) is 0 Å². The fraction of sp³-hybridized carbons (Fsp3) is 1.00. The van der Waals surface area contributed by atoms with E-state index in [2.05, 4.69) is 27.7 Å². The van der Waals surface area contributed by atoms with Crippen LogP contribution in [0.1, 0.15) is 137 Å². The van der Waals surface area contributed by atoms with Crippen molar-refractivity contribution in [1.29, 1.82) is 0 Å². The molecule has 150 valence electrons. The summed E-state index contributed by atoms with van der Waals surface area (Å²) >= 11 is 0. The van der Waals surface area contributed by atoms with Gasteiger partial charge in [0.25, 0.3) is 0 Å². The number of nitrogens with two attached hydrogens (primary N) is 1. The highest BCUT2D eigenvalue weighted by Crippen LogP contribution is 2.38. The molecule has 0 saturated heterocycles. The maximum atomic E-state index is 6.55. The van der Waals surface area contributed by atoms with Gasteiger partial charge in [0.05, 0.1) is 0 Å². The molecule has 1 nitrogen and oxygen atoms in total. The zero-order valence-electron chi connectivity index (χ0n) is 18.2. The first-order valence-corrected chi connectivity index (χ1v) is 11.7. The second-order valence-electron chi connectivity index (χ2n) is 10.0. The standard InChI is InChI=1S/C24H49N/c1-5-22-18-14-11-9-7-6-8-10-12-16-20-24(4,25)21-17-13-15-19-23(22,2)3/h22H,5-21,25H2,1-4H3. The van der Waals surface area contributed by atoms with Crippen molar-refractivity contribution >= 4 is 0 Å². The van der Waals surface area contributed by atoms with Crippen molar-refractivity contribution in [2.45, 2.75) is 142 Å². The van der Waals surface area contributed by atoms with Crippen LogP contribution in [-0.2, 0) is 0 Å². The molecule has 1 aliphatic carbocycles. The van der Waals surface area contributed by atoms with Gasteiger partial charge in [0.2, 0.25) is 0 Å². The monoisotopic (exact) mass is 351 g/mol. The zero-order chi connectivity index (χ0) is 18.6. The van der Waals surface area contributed by atoms with E-state index in [1.165, 1.54) is 109 Å². The van der Waals surface area contributed by atoms with E-state index in [0.29, 0.717) is 5.41 Å². The first-order chi connectivity index (χ1) is 11.9. The molecule has 0 spiro atoms. The molecule has 0 aromatic rings. The molecule has 1 rings (SSSR count). The second kappa shape index (κ2) is 12.4. The molecule has 0 aromatic heterocycles. The molecule has 2 atom stereocenters. The fourth-order valence-electron chi connectivity index (χ4n) is 4.92. The topological polar surface area (TPSA) is 26.0 Å². The van der Waals surface area contributed by atoms with Crippen molar-refractivity contribution in [2.75, 3.05) is 0 Å². The third kappa shape index (κ3) is 10.6. The molecular formula is C24H49N. The second-order valence-corrected chi connectivity index (χ2v) is 10.0. The van der Waals surface area contributed by atoms with Crippen LogP contribution in [0.5, 0.6) is 0 Å². The van der Waals surface area contributed by atoms with Crippen LogP contribution in [0.3, 0.4) is 0 Å². The highest BCUT2D eigenvalue weighted by Gasteiger charge is 2.27. The van der Waals surface area contributed by atoms with E-state index in [1.807, 2.05) is 0 Å². The molecule has 2 N–H and O–H groups in total. The Balaban J connectivity index is 2.48. The van der Waals surface area contributed by atoms with Gasteiger partial charge in [-0.15, -0.1) is 0 Å². The van der Waals surface area contributed by atoms with Gasteiger partial charge in [-0.2, -0.15) is 0 Å². The van der Waals surface area contributed by atoms with Gasteiger partial charge in [0.15, 0.2) is 0 Å². The average molecular weight is 352 g/mol. The van der Waals surface area contributed by atoms with Crippen molar-refractivity contribution in [3.8, 4) is 0 Å². The Morgan fingerprint density at radius 2 is 1.04 bits per heavy atom. The predicted molar refractivity (Wildman–Crippen MR) is 114 cm³/mol. The molecule has 0 heterocycles. The number of hydrogen-bond acceptors (Lipinski definition) is 1. The molecule has 1 saturated carbocycles. The third-order valence-corrected chi connectivity index (χ3v) is 6.97. The van der Waals surface area contributed by atoms with Crippen molar-refractivity contribution in [2.24, 2.45) is 17.1 Å². The highest BCUT2D eigenvalue weighted by molar-refractivity contribution is 4.80. The van der Waals surface area contributed by atoms with Crippen molar-refractivity contribution in [3.63, 3.8) is 0 Å². The normalized spacial score (nSPS) is 32.3. The third-order valence-electron chi connectivity index (χ3n) is 6.97. The Morgan fingerprint density at radius 1 is 0.640 bits per heavy atom. The molecule has 0 aromatic carbocycles. The summed E-state index contributed by atoms with van der Waals surface area (Å²) in [5.74, 6) is 0.911. The smallest absolute Gasteiger partial charge is 0.0125 e. The van der Waals surface area contributed by atoms with Crippen molar-refractivity contribution in [3.05, 3.63) is 0 Å². The fourth-order valence-corrected chi connectivity index (χ4v) is 4.92. The molecule has 0 radical (unpaired) electrons. The minimum absolute atomic E-state index is 0.0738. The minimum atomic E-state index is 0.0738. The number of hydrogen-bond donors (Lipinski definition) is 1. The predicted octanol–water partition coefficient (Wildman–Crippen LogP) is 8.01. The van der Waals surface area contributed by atoms with E-state index < -0.39 is 0 Å². The summed E-state index contributed by atoms with van der Waals surface area (Å²) in [4.78, 5) is 0. The van der Waals surface area contributed by atoms with Gasteiger partial charge < -0.3 is 5.73 Å². The maximum absolute atomic E-state index is 6.55. The minimum Gasteiger partial charge on any atom is -0.325 e. The Kier molecular flexibility index (Phi) is 11.4. The van der Waals surface area contributed by atoms with Crippen LogP contribution in [0.2, 0.25) is 0 Å². The van der Waals surface area contributed by atoms with E-state index in [1.54, 1.807) is 0 Å². The average Bonchev–Trinajstić information content (AvgIpc) is 2.54. The van der Waals surface area contributed by atoms with Crippen LogP contribution < -0.4 is 5.73 Å². The molecule has 0 bridgehead atoms. The molecule has 0 aliphatic heterocycles. The lowest BCUT2D eigenvalue weighted by Crippen LogP contribution is -2.35. The van der Waals surface area contributed by atoms with Gasteiger partial charge in [-0.3, -0.25) is 0 Å². The maximum Gasteiger partial charge on any atom is 0.0125 e. The van der Waals surface area contributed by atoms with Gasteiger partial charge in [0, 0.05) is 5.54 Å². The van der Waals surface area contributed by atoms with Crippen LogP contribution in [0.15, 0.2) is 0 Å². The van der Waals surface area contributed by atoms with E-state index in [0.717, 1.165) is 5.92 Å². The zero-order valence-corrected chi connectivity index (χ0v) is 18.2. The highest BCUT2D eigenvalue weighted by atomic mass is 14.7. The Hall–Kier alpha value is -0.0400. The Morgan fingerprint density at radius 3 is 1.56 bits per heavy atom. The SMILES string of the molecule is CCC1CCCCCCCCCCCC(C)(N)CCCCCC1(C)C. The molecule has 25 heavy (non-hydrogen) atoms. The van der Waals surface area contributed by atoms with Gasteiger partial charge in [-0.05, 0) is 43.9 Å². The van der Waals surface area contributed by atoms with E-state index in [9.17, 15) is 0 Å². The van der Waals surface area contributed by atoms with Gasteiger partial charge in [-0.25, -0.2) is 0 Å². The lowest BCUT2D eigenvalue weighted by atomic mass is 9.71. The van der Waals surface area contributed by atoms with Crippen molar-refractivity contribution < 1.29 is 0 Å². The lowest BCUT2D eigenvalue weighted by Gasteiger charge is -2.34. The van der Waals surface area contributed by atoms with Crippen LogP contribution in [0.4, 0.5) is 0 Å². The largest absolute Gasteiger partial charge is 0.325 e. The number of rotatable bonds is 1. The first kappa shape index (κ1) is 23.0. The molecule has 1 aliphatic rings. The molecule has 1 heteroatoms. The molecule has 1 fully saturated rings. The quantitative estimate of drug-likeness (QED) is 0.508. The summed E-state index contributed by atoms with van der Waals surface area (Å²) in [7, 11) is 0. The van der Waals surface area contributed by atoms with Crippen LogP contribution in [0.25, 0.3) is 0 Å². The summed E-state index contributed by atoms with van der Waals surface area (Å²) in [6, 6.07) is 0. The van der Waals surface area contributed by atoms with Crippen LogP contribution >= 0.6 is 0 Å². The Bertz CT molecular complexity index is 318. The summed E-state index contributed by atoms with van der Waals surface area (Å²) in [5, 5.41) is 0. The first-order valence-electron chi connectivity index (χ1n) is 11.7.